The molecule has 0 saturated carbocycles. The van der Waals surface area contributed by atoms with Gasteiger partial charge in [-0.1, -0.05) is 5.57 Å². The van der Waals surface area contributed by atoms with Gasteiger partial charge in [-0.2, -0.15) is 0 Å². The summed E-state index contributed by atoms with van der Waals surface area (Å²) in [6.07, 6.45) is 0.847. The predicted octanol–water partition coefficient (Wildman–Crippen LogP) is 1.24. The van der Waals surface area contributed by atoms with Gasteiger partial charge >= 0.3 is 0 Å². The van der Waals surface area contributed by atoms with Crippen molar-refractivity contribution in [2.24, 2.45) is 0 Å². The maximum atomic E-state index is 6.67. The Hall–Kier alpha value is -0.300. The number of hydrogen-bond acceptors (Lipinski definition) is 0. The van der Waals surface area contributed by atoms with Crippen LogP contribution in [0.3, 0.4) is 0 Å². The standard InChI is InChI=1S/C5H10N/c1-5(2)3-4-6/h6H,1,3-4H2,2H3. The first-order valence-corrected chi connectivity index (χ1v) is 2.06. The highest BCUT2D eigenvalue weighted by molar-refractivity contribution is 4.87. The molecule has 35 valence electrons. The van der Waals surface area contributed by atoms with Gasteiger partial charge in [-0.05, 0) is 13.3 Å². The van der Waals surface area contributed by atoms with E-state index in [0.717, 1.165) is 12.0 Å². The first-order chi connectivity index (χ1) is 2.77. The lowest BCUT2D eigenvalue weighted by Gasteiger charge is -1.86. The van der Waals surface area contributed by atoms with Crippen LogP contribution >= 0.6 is 0 Å². The number of nitrogens with one attached hydrogen (secondary N) is 1. The molecule has 0 rings (SSSR count). The fourth-order valence-electron chi connectivity index (χ4n) is 0.213. The average molecular weight is 84.1 g/mol. The van der Waals surface area contributed by atoms with Gasteiger partial charge in [-0.25, -0.2) is 0 Å². The highest BCUT2D eigenvalue weighted by Gasteiger charge is 1.76. The van der Waals surface area contributed by atoms with E-state index in [-0.39, 0.29) is 0 Å². The van der Waals surface area contributed by atoms with E-state index in [1.165, 1.54) is 0 Å². The van der Waals surface area contributed by atoms with Crippen LogP contribution in [0.2, 0.25) is 0 Å². The Labute approximate surface area is 38.8 Å². The number of rotatable bonds is 2. The minimum absolute atomic E-state index is 0.481. The van der Waals surface area contributed by atoms with E-state index in [0.29, 0.717) is 6.54 Å². The summed E-state index contributed by atoms with van der Waals surface area (Å²) in [5.74, 6) is 0. The molecule has 0 unspecified atom stereocenters. The molecule has 0 fully saturated rings. The lowest BCUT2D eigenvalue weighted by molar-refractivity contribution is 0.929. The smallest absolute Gasteiger partial charge is 0.0137 e. The first-order valence-electron chi connectivity index (χ1n) is 2.06. The van der Waals surface area contributed by atoms with Crippen LogP contribution in [0.5, 0.6) is 0 Å². The maximum Gasteiger partial charge on any atom is 0.0137 e. The Morgan fingerprint density at radius 3 is 2.33 bits per heavy atom. The summed E-state index contributed by atoms with van der Waals surface area (Å²) in [5, 5.41) is 0. The molecule has 0 aromatic rings. The van der Waals surface area contributed by atoms with Crippen LogP contribution in [0.1, 0.15) is 13.3 Å². The molecule has 0 bridgehead atoms. The second-order valence-corrected chi connectivity index (χ2v) is 1.46. The molecule has 1 N–H and O–H groups in total. The van der Waals surface area contributed by atoms with Crippen molar-refractivity contribution in [2.75, 3.05) is 6.54 Å². The summed E-state index contributed by atoms with van der Waals surface area (Å²) in [4.78, 5) is 0. The molecule has 0 saturated heterocycles. The number of hydrogen-bond donors (Lipinski definition) is 0. The van der Waals surface area contributed by atoms with Gasteiger partial charge in [-0.15, -0.1) is 6.58 Å². The zero-order chi connectivity index (χ0) is 4.99. The van der Waals surface area contributed by atoms with Gasteiger partial charge in [0.15, 0.2) is 0 Å². The van der Waals surface area contributed by atoms with Gasteiger partial charge in [0.25, 0.3) is 0 Å². The highest BCUT2D eigenvalue weighted by atomic mass is 14.5. The molecule has 0 aliphatic heterocycles. The molecule has 0 atom stereocenters. The van der Waals surface area contributed by atoms with E-state index in [1.54, 1.807) is 0 Å². The quantitative estimate of drug-likeness (QED) is 0.449. The molecule has 0 amide bonds. The van der Waals surface area contributed by atoms with E-state index >= 15 is 0 Å². The van der Waals surface area contributed by atoms with Crippen LogP contribution in [0.15, 0.2) is 12.2 Å². The molecule has 1 heteroatoms. The summed E-state index contributed by atoms with van der Waals surface area (Å²) in [6.45, 7) is 6.05. The summed E-state index contributed by atoms with van der Waals surface area (Å²) >= 11 is 0. The van der Waals surface area contributed by atoms with Gasteiger partial charge in [0, 0.05) is 6.54 Å². The van der Waals surface area contributed by atoms with Crippen LogP contribution in [0, 0.1) is 0 Å². The molecule has 0 aliphatic carbocycles. The summed E-state index contributed by atoms with van der Waals surface area (Å²) in [5.41, 5.74) is 7.77. The largest absolute Gasteiger partial charge is 0.258 e. The van der Waals surface area contributed by atoms with Crippen molar-refractivity contribution in [3.05, 3.63) is 12.2 Å². The predicted molar refractivity (Wildman–Crippen MR) is 27.4 cm³/mol. The molecule has 0 heterocycles. The van der Waals surface area contributed by atoms with E-state index in [9.17, 15) is 0 Å². The third-order valence-electron chi connectivity index (χ3n) is 0.552. The molecule has 6 heavy (non-hydrogen) atoms. The van der Waals surface area contributed by atoms with E-state index in [1.807, 2.05) is 6.92 Å². The van der Waals surface area contributed by atoms with Crippen molar-refractivity contribution in [3.8, 4) is 0 Å². The van der Waals surface area contributed by atoms with Crippen molar-refractivity contribution in [1.29, 1.82) is 0 Å². The lowest BCUT2D eigenvalue weighted by atomic mass is 10.2. The Kier molecular flexibility index (Phi) is 2.77. The van der Waals surface area contributed by atoms with Crippen molar-refractivity contribution in [1.82, 2.24) is 5.73 Å². The average Bonchev–Trinajstić information content (AvgIpc) is 1.35. The van der Waals surface area contributed by atoms with Crippen molar-refractivity contribution in [3.63, 3.8) is 0 Å². The zero-order valence-corrected chi connectivity index (χ0v) is 4.12. The van der Waals surface area contributed by atoms with Crippen LogP contribution in [0.4, 0.5) is 0 Å². The summed E-state index contributed by atoms with van der Waals surface area (Å²) in [7, 11) is 0. The van der Waals surface area contributed by atoms with Crippen molar-refractivity contribution >= 4 is 0 Å². The van der Waals surface area contributed by atoms with Gasteiger partial charge in [-0.3, -0.25) is 5.73 Å². The Morgan fingerprint density at radius 1 is 1.83 bits per heavy atom. The minimum Gasteiger partial charge on any atom is -0.258 e. The second-order valence-electron chi connectivity index (χ2n) is 1.46. The van der Waals surface area contributed by atoms with Crippen LogP contribution in [0.25, 0.3) is 0 Å². The van der Waals surface area contributed by atoms with Crippen LogP contribution in [-0.4, -0.2) is 6.54 Å². The van der Waals surface area contributed by atoms with Crippen molar-refractivity contribution in [2.45, 2.75) is 13.3 Å². The molecule has 0 aromatic carbocycles. The monoisotopic (exact) mass is 84.1 g/mol. The van der Waals surface area contributed by atoms with Crippen LogP contribution in [-0.2, 0) is 0 Å². The van der Waals surface area contributed by atoms with Gasteiger partial charge in [0.1, 0.15) is 0 Å². The summed E-state index contributed by atoms with van der Waals surface area (Å²) in [6, 6.07) is 0. The van der Waals surface area contributed by atoms with Gasteiger partial charge in [0.2, 0.25) is 0 Å². The SMILES string of the molecule is C=C(C)CC[NH]. The molecule has 1 nitrogen and oxygen atoms in total. The molecular formula is C5H10N. The maximum absolute atomic E-state index is 6.67. The molecule has 1 radical (unpaired) electrons. The van der Waals surface area contributed by atoms with Gasteiger partial charge in [0.05, 0.1) is 0 Å². The Bertz CT molecular complexity index is 47.9. The van der Waals surface area contributed by atoms with E-state index in [4.69, 9.17) is 5.73 Å². The molecular weight excluding hydrogens is 74.1 g/mol. The third kappa shape index (κ3) is 3.70. The zero-order valence-electron chi connectivity index (χ0n) is 4.12. The Balaban J connectivity index is 2.83. The molecule has 0 aromatic heterocycles. The van der Waals surface area contributed by atoms with Gasteiger partial charge < -0.3 is 0 Å². The fraction of sp³-hybridized carbons (Fsp3) is 0.600. The van der Waals surface area contributed by atoms with E-state index < -0.39 is 0 Å². The van der Waals surface area contributed by atoms with Crippen molar-refractivity contribution < 1.29 is 0 Å². The normalized spacial score (nSPS) is 8.33. The second kappa shape index (κ2) is 2.91. The van der Waals surface area contributed by atoms with Crippen LogP contribution < -0.4 is 5.73 Å². The molecule has 0 aliphatic rings. The third-order valence-corrected chi connectivity index (χ3v) is 0.552. The Morgan fingerprint density at radius 2 is 2.33 bits per heavy atom. The highest BCUT2D eigenvalue weighted by Crippen LogP contribution is 1.89. The minimum atomic E-state index is 0.481. The fourth-order valence-corrected chi connectivity index (χ4v) is 0.213. The topological polar surface area (TPSA) is 23.8 Å². The molecule has 0 spiro atoms. The lowest BCUT2D eigenvalue weighted by Crippen LogP contribution is -1.82. The summed E-state index contributed by atoms with van der Waals surface area (Å²) < 4.78 is 0. The van der Waals surface area contributed by atoms with E-state index in [2.05, 4.69) is 6.58 Å². The first kappa shape index (κ1) is 5.70.